The van der Waals surface area contributed by atoms with Gasteiger partial charge >= 0.3 is 24.1 Å². The fourth-order valence-electron chi connectivity index (χ4n) is 4.91. The number of anilines is 1. The van der Waals surface area contributed by atoms with Gasteiger partial charge < -0.3 is 29.2 Å². The van der Waals surface area contributed by atoms with E-state index in [4.69, 9.17) is 30.5 Å². The van der Waals surface area contributed by atoms with Crippen LogP contribution in [0.2, 0.25) is 5.02 Å². The van der Waals surface area contributed by atoms with Crippen LogP contribution in [-0.2, 0) is 32.0 Å². The molecule has 0 saturated heterocycles. The molecular formula is C41H50ClN5O10. The average molecular weight is 808 g/mol. The molecule has 0 fully saturated rings. The minimum absolute atomic E-state index is 0.0638. The van der Waals surface area contributed by atoms with Crippen LogP contribution >= 0.6 is 11.6 Å². The Bertz CT molecular complexity index is 1920. The maximum absolute atomic E-state index is 13.3. The Kier molecular flexibility index (Phi) is 17.2. The topological polar surface area (TPSA) is 191 Å². The summed E-state index contributed by atoms with van der Waals surface area (Å²) in [5.41, 5.74) is 0.606. The highest BCUT2D eigenvalue weighted by molar-refractivity contribution is 6.31. The van der Waals surface area contributed by atoms with Crippen molar-refractivity contribution in [3.63, 3.8) is 0 Å². The van der Waals surface area contributed by atoms with Crippen molar-refractivity contribution in [2.24, 2.45) is 10.2 Å². The van der Waals surface area contributed by atoms with Crippen LogP contribution in [0.15, 0.2) is 76.9 Å². The van der Waals surface area contributed by atoms with E-state index in [9.17, 15) is 28.9 Å². The van der Waals surface area contributed by atoms with E-state index in [1.165, 1.54) is 35.2 Å². The number of nitrogens with one attached hydrogen (secondary N) is 2. The summed E-state index contributed by atoms with van der Waals surface area (Å²) in [5.74, 6) is -1.47. The summed E-state index contributed by atoms with van der Waals surface area (Å²) < 4.78 is 21.3. The summed E-state index contributed by atoms with van der Waals surface area (Å²) in [4.78, 5) is 79.8. The van der Waals surface area contributed by atoms with Gasteiger partial charge in [0, 0.05) is 30.2 Å². The normalized spacial score (nSPS) is 11.5. The van der Waals surface area contributed by atoms with Crippen LogP contribution < -0.4 is 15.4 Å². The number of nitrogens with zero attached hydrogens (tertiary/aromatic N) is 3. The second-order valence-corrected chi connectivity index (χ2v) is 15.2. The van der Waals surface area contributed by atoms with Gasteiger partial charge in [0.2, 0.25) is 11.9 Å². The van der Waals surface area contributed by atoms with Gasteiger partial charge in [-0.3, -0.25) is 10.1 Å². The number of unbranched alkanes of at least 4 members (excludes halogenated alkanes) is 1. The van der Waals surface area contributed by atoms with Crippen LogP contribution in [0.25, 0.3) is 0 Å². The maximum atomic E-state index is 13.3. The fraction of sp³-hybridized carbons (Fsp3) is 0.415. The first-order chi connectivity index (χ1) is 26.8. The lowest BCUT2D eigenvalue weighted by Crippen LogP contribution is -2.40. The predicted octanol–water partition coefficient (Wildman–Crippen LogP) is 8.47. The molecule has 15 nitrogen and oxygen atoms in total. The summed E-state index contributed by atoms with van der Waals surface area (Å²) >= 11 is 6.53. The molecule has 3 aromatic rings. The van der Waals surface area contributed by atoms with Gasteiger partial charge in [-0.15, -0.1) is 4.99 Å². The van der Waals surface area contributed by atoms with E-state index >= 15 is 0 Å². The molecule has 0 aliphatic carbocycles. The van der Waals surface area contributed by atoms with Gasteiger partial charge in [0.25, 0.3) is 0 Å². The Balaban J connectivity index is 1.63. The van der Waals surface area contributed by atoms with E-state index in [1.54, 1.807) is 77.9 Å². The highest BCUT2D eigenvalue weighted by Crippen LogP contribution is 2.25. The molecule has 3 rings (SSSR count). The number of alkyl carbamates (subject to hydrolysis) is 1. The zero-order valence-corrected chi connectivity index (χ0v) is 34.1. The number of carbonyl (C=O) groups excluding carboxylic acids is 5. The molecule has 0 atom stereocenters. The van der Waals surface area contributed by atoms with Crippen molar-refractivity contribution in [3.05, 3.63) is 98.9 Å². The van der Waals surface area contributed by atoms with Crippen LogP contribution in [0.1, 0.15) is 99.6 Å². The smallest absolute Gasteiger partial charge is 0.437 e. The highest BCUT2D eigenvalue weighted by Gasteiger charge is 2.21. The molecule has 0 saturated carbocycles. The highest BCUT2D eigenvalue weighted by atomic mass is 35.5. The predicted molar refractivity (Wildman–Crippen MR) is 216 cm³/mol. The SMILES string of the molecule is CCCCOC(=O)c1cccc(CN(CCN=O)C(=O)CCc2ccc(OC(=O)c3ccc(N/C(=N/C(=O)OC(C)(C)C)NC(=O)OC(C)(C)C)cc3)cc2Cl)c1. The molecule has 0 unspecified atom stereocenters. The lowest BCUT2D eigenvalue weighted by molar-refractivity contribution is -0.131. The number of guanidine groups is 1. The quantitative estimate of drug-likeness (QED) is 0.0285. The molecule has 0 spiro atoms. The molecule has 306 valence electrons. The first-order valence-corrected chi connectivity index (χ1v) is 18.8. The Morgan fingerprint density at radius 1 is 0.842 bits per heavy atom. The first kappa shape index (κ1) is 45.6. The van der Waals surface area contributed by atoms with E-state index in [0.29, 0.717) is 29.0 Å². The molecule has 2 N–H and O–H groups in total. The molecule has 3 amide bonds. The monoisotopic (exact) mass is 807 g/mol. The molecule has 0 bridgehead atoms. The summed E-state index contributed by atoms with van der Waals surface area (Å²) in [6.45, 7) is 12.5. The summed E-state index contributed by atoms with van der Waals surface area (Å²) in [7, 11) is 0. The number of hydrogen-bond acceptors (Lipinski definition) is 11. The standard InChI is InChI=1S/C41H50ClN5O10/c1-8-9-23-54-35(49)30-12-10-11-27(24-30)26-47(22-21-43-53)34(48)20-16-28-15-19-32(25-33(28)42)55-36(50)29-13-17-31(18-14-29)44-37(45-38(51)56-40(2,3)4)46-39(52)57-41(5,6)7/h10-15,17-19,24-25H,8-9,16,20-23,26H2,1-7H3,(H2,44,45,46,51,52). The van der Waals surface area contributed by atoms with Gasteiger partial charge in [0.05, 0.1) is 24.3 Å². The fourth-order valence-corrected chi connectivity index (χ4v) is 5.18. The third kappa shape index (κ3) is 16.8. The zero-order valence-electron chi connectivity index (χ0n) is 33.3. The van der Waals surface area contributed by atoms with E-state index in [2.05, 4.69) is 20.8 Å². The van der Waals surface area contributed by atoms with Crippen molar-refractivity contribution in [3.8, 4) is 5.75 Å². The molecule has 0 aliphatic heterocycles. The number of amides is 3. The van der Waals surface area contributed by atoms with Crippen molar-refractivity contribution in [1.82, 2.24) is 10.2 Å². The first-order valence-electron chi connectivity index (χ1n) is 18.4. The largest absolute Gasteiger partial charge is 0.462 e. The number of aryl methyl sites for hydroxylation is 1. The van der Waals surface area contributed by atoms with Crippen molar-refractivity contribution in [1.29, 1.82) is 0 Å². The third-order valence-corrected chi connectivity index (χ3v) is 7.88. The minimum Gasteiger partial charge on any atom is -0.462 e. The molecule has 0 radical (unpaired) electrons. The van der Waals surface area contributed by atoms with Crippen LogP contribution in [0.3, 0.4) is 0 Å². The number of rotatable bonds is 15. The molecule has 3 aromatic carbocycles. The maximum Gasteiger partial charge on any atom is 0.437 e. The van der Waals surface area contributed by atoms with Gasteiger partial charge in [0.15, 0.2) is 0 Å². The lowest BCUT2D eigenvalue weighted by atomic mass is 10.1. The Labute approximate surface area is 337 Å². The van der Waals surface area contributed by atoms with E-state index < -0.39 is 35.3 Å². The van der Waals surface area contributed by atoms with Crippen LogP contribution in [-0.4, -0.2) is 71.8 Å². The van der Waals surface area contributed by atoms with Gasteiger partial charge in [-0.05, 0) is 114 Å². The summed E-state index contributed by atoms with van der Waals surface area (Å²) in [6.07, 6.45) is 0.171. The number of aliphatic imine (C=N–C) groups is 1. The number of carbonyl (C=O) groups is 5. The molecular weight excluding hydrogens is 758 g/mol. The average Bonchev–Trinajstić information content (AvgIpc) is 3.11. The van der Waals surface area contributed by atoms with Crippen LogP contribution in [0.4, 0.5) is 15.3 Å². The van der Waals surface area contributed by atoms with Gasteiger partial charge in [-0.25, -0.2) is 19.2 Å². The number of benzene rings is 3. The number of nitroso groups, excluding NO2 is 1. The van der Waals surface area contributed by atoms with Crippen molar-refractivity contribution in [2.75, 3.05) is 25.0 Å². The minimum atomic E-state index is -0.952. The summed E-state index contributed by atoms with van der Waals surface area (Å²) in [6, 6.07) is 17.4. The molecule has 0 aliphatic rings. The van der Waals surface area contributed by atoms with E-state index in [0.717, 1.165) is 12.8 Å². The second-order valence-electron chi connectivity index (χ2n) is 14.8. The van der Waals surface area contributed by atoms with E-state index in [1.807, 2.05) is 6.92 Å². The Morgan fingerprint density at radius 3 is 2.18 bits per heavy atom. The van der Waals surface area contributed by atoms with Crippen molar-refractivity contribution in [2.45, 2.75) is 91.9 Å². The number of esters is 2. The lowest BCUT2D eigenvalue weighted by Gasteiger charge is -2.22. The molecule has 16 heteroatoms. The zero-order chi connectivity index (χ0) is 42.2. The Hall–Kier alpha value is -5.83. The van der Waals surface area contributed by atoms with Crippen LogP contribution in [0.5, 0.6) is 5.75 Å². The van der Waals surface area contributed by atoms with Gasteiger partial charge in [0.1, 0.15) is 17.0 Å². The van der Waals surface area contributed by atoms with E-state index in [-0.39, 0.29) is 60.7 Å². The number of hydrogen-bond donors (Lipinski definition) is 2. The molecule has 57 heavy (non-hydrogen) atoms. The number of halogens is 1. The van der Waals surface area contributed by atoms with Gasteiger partial charge in [-0.1, -0.05) is 48.3 Å². The van der Waals surface area contributed by atoms with Crippen molar-refractivity contribution < 1.29 is 42.9 Å². The summed E-state index contributed by atoms with van der Waals surface area (Å²) in [5, 5.41) is 8.38. The molecule has 0 heterocycles. The number of ether oxygens (including phenoxy) is 4. The molecule has 0 aromatic heterocycles. The van der Waals surface area contributed by atoms with Crippen LogP contribution in [0, 0.1) is 4.91 Å². The van der Waals surface area contributed by atoms with Gasteiger partial charge in [-0.2, -0.15) is 4.91 Å². The van der Waals surface area contributed by atoms with Crippen molar-refractivity contribution >= 4 is 53.3 Å². The third-order valence-electron chi connectivity index (χ3n) is 7.52. The Morgan fingerprint density at radius 2 is 1.54 bits per heavy atom. The second kappa shape index (κ2) is 21.5.